The van der Waals surface area contributed by atoms with Gasteiger partial charge in [0.15, 0.2) is 29.6 Å². The number of ether oxygens (including phenoxy) is 4. The number of fused-ring (bicyclic) bond motifs is 1. The summed E-state index contributed by atoms with van der Waals surface area (Å²) in [5, 5.41) is 16.4. The molecule has 4 aromatic rings. The van der Waals surface area contributed by atoms with Crippen LogP contribution in [0.1, 0.15) is 5.56 Å². The third-order valence-electron chi connectivity index (χ3n) is 7.35. The van der Waals surface area contributed by atoms with Gasteiger partial charge in [-0.25, -0.2) is 0 Å². The molecule has 2 N–H and O–H groups in total. The minimum Gasteiger partial charge on any atom is -0.493 e. The lowest BCUT2D eigenvalue weighted by Gasteiger charge is -2.32. The monoisotopic (exact) mass is 610 g/mol. The Kier molecular flexibility index (Phi) is 9.81. The third kappa shape index (κ3) is 7.52. The summed E-state index contributed by atoms with van der Waals surface area (Å²) >= 11 is 0. The van der Waals surface area contributed by atoms with Crippen LogP contribution in [0.3, 0.4) is 0 Å². The number of likely N-dealkylation sites (N-methyl/N-ethyl adjacent to an activating group) is 1. The number of nitrogens with zero attached hydrogens (tertiary/aromatic N) is 4. The second kappa shape index (κ2) is 14.3. The van der Waals surface area contributed by atoms with Crippen LogP contribution in [0.2, 0.25) is 0 Å². The van der Waals surface area contributed by atoms with E-state index >= 15 is 0 Å². The summed E-state index contributed by atoms with van der Waals surface area (Å²) in [7, 11) is 5.12. The molecule has 0 unspecified atom stereocenters. The first-order valence-corrected chi connectivity index (χ1v) is 14.3. The zero-order chi connectivity index (χ0) is 31.8. The van der Waals surface area contributed by atoms with Crippen molar-refractivity contribution in [3.8, 4) is 34.8 Å². The van der Waals surface area contributed by atoms with Gasteiger partial charge in [-0.1, -0.05) is 12.1 Å². The number of pyridine rings is 1. The normalized spacial score (nSPS) is 13.1. The number of benzene rings is 3. The number of nitriles is 1. The highest BCUT2D eigenvalue weighted by Gasteiger charge is 2.20. The average molecular weight is 611 g/mol. The maximum Gasteiger partial charge on any atom is 0.258 e. The number of nitrogens with one attached hydrogen (secondary N) is 2. The molecule has 0 atom stereocenters. The molecule has 1 aromatic heterocycles. The van der Waals surface area contributed by atoms with Gasteiger partial charge in [0.25, 0.3) is 5.91 Å². The Hall–Kier alpha value is -5.54. The topological polar surface area (TPSA) is 138 Å². The smallest absolute Gasteiger partial charge is 0.258 e. The molecule has 2 heterocycles. The number of anilines is 2. The first-order chi connectivity index (χ1) is 21.9. The average Bonchev–Trinajstić information content (AvgIpc) is 3.07. The van der Waals surface area contributed by atoms with Crippen LogP contribution in [0.4, 0.5) is 11.4 Å². The van der Waals surface area contributed by atoms with Crippen molar-refractivity contribution in [3.05, 3.63) is 72.4 Å². The van der Waals surface area contributed by atoms with Gasteiger partial charge in [-0.05, 0) is 49.5 Å². The van der Waals surface area contributed by atoms with Crippen molar-refractivity contribution < 1.29 is 28.5 Å². The van der Waals surface area contributed by atoms with Gasteiger partial charge in [0.2, 0.25) is 5.91 Å². The second-order valence-corrected chi connectivity index (χ2v) is 10.3. The fraction of sp³-hybridized carbons (Fsp3) is 0.273. The number of hydrogen-bond acceptors (Lipinski definition) is 10. The summed E-state index contributed by atoms with van der Waals surface area (Å²) in [6, 6.07) is 19.9. The van der Waals surface area contributed by atoms with Crippen LogP contribution in [0.25, 0.3) is 10.9 Å². The van der Waals surface area contributed by atoms with E-state index in [0.717, 1.165) is 13.1 Å². The van der Waals surface area contributed by atoms with Gasteiger partial charge in [0.05, 0.1) is 37.5 Å². The molecule has 45 heavy (non-hydrogen) atoms. The van der Waals surface area contributed by atoms with Crippen LogP contribution in [-0.2, 0) is 9.59 Å². The van der Waals surface area contributed by atoms with Crippen LogP contribution in [0, 0.1) is 11.3 Å². The fourth-order valence-corrected chi connectivity index (χ4v) is 4.81. The zero-order valence-electron chi connectivity index (χ0n) is 25.3. The summed E-state index contributed by atoms with van der Waals surface area (Å²) < 4.78 is 22.6. The summed E-state index contributed by atoms with van der Waals surface area (Å²) in [5.41, 5.74) is 2.31. The lowest BCUT2D eigenvalue weighted by molar-refractivity contribution is -0.134. The summed E-state index contributed by atoms with van der Waals surface area (Å²) in [6.07, 6.45) is 1.51. The lowest BCUT2D eigenvalue weighted by atomic mass is 10.1. The number of rotatable bonds is 11. The standard InChI is InChI=1S/C33H34N6O6/c1-38-12-14-39(15-13-38)32(41)20-36-31(40)21-44-27-6-4-5-7-28(27)45-24-10-8-23(9-11-24)37-33-22(18-34)19-35-26-17-30(43-3)29(42-2)16-25(26)33/h4-11,16-17,19H,12-15,20-21H2,1-3H3,(H,35,37)(H,36,40). The van der Waals surface area contributed by atoms with E-state index < -0.39 is 5.91 Å². The Morgan fingerprint density at radius 3 is 2.31 bits per heavy atom. The van der Waals surface area contributed by atoms with Crippen LogP contribution in [0.5, 0.6) is 28.7 Å². The highest BCUT2D eigenvalue weighted by Crippen LogP contribution is 2.37. The second-order valence-electron chi connectivity index (χ2n) is 10.3. The van der Waals surface area contributed by atoms with Gasteiger partial charge in [0, 0.05) is 49.5 Å². The summed E-state index contributed by atoms with van der Waals surface area (Å²) in [4.78, 5) is 33.1. The minimum atomic E-state index is -0.404. The summed E-state index contributed by atoms with van der Waals surface area (Å²) in [5.74, 6) is 1.88. The molecule has 1 aliphatic rings. The SMILES string of the molecule is COc1cc2ncc(C#N)c(Nc3ccc(Oc4ccccc4OCC(=O)NCC(=O)N4CCN(C)CC4)cc3)c2cc1OC. The van der Waals surface area contributed by atoms with Gasteiger partial charge in [0.1, 0.15) is 11.8 Å². The van der Waals surface area contributed by atoms with Crippen molar-refractivity contribution in [1.82, 2.24) is 20.1 Å². The van der Waals surface area contributed by atoms with E-state index in [1.54, 1.807) is 67.7 Å². The van der Waals surface area contributed by atoms with Crippen LogP contribution in [-0.4, -0.2) is 87.2 Å². The van der Waals surface area contributed by atoms with Gasteiger partial charge < -0.3 is 39.4 Å². The molecule has 12 heteroatoms. The van der Waals surface area contributed by atoms with E-state index in [1.165, 1.54) is 6.20 Å². The Morgan fingerprint density at radius 2 is 1.62 bits per heavy atom. The van der Waals surface area contributed by atoms with Crippen molar-refractivity contribution in [2.75, 3.05) is 65.9 Å². The maximum atomic E-state index is 12.4. The number of hydrogen-bond donors (Lipinski definition) is 2. The predicted molar refractivity (Wildman–Crippen MR) is 168 cm³/mol. The van der Waals surface area contributed by atoms with E-state index in [9.17, 15) is 14.9 Å². The molecular formula is C33H34N6O6. The molecule has 3 aromatic carbocycles. The Balaban J connectivity index is 1.21. The molecule has 12 nitrogen and oxygen atoms in total. The maximum absolute atomic E-state index is 12.4. The lowest BCUT2D eigenvalue weighted by Crippen LogP contribution is -2.50. The molecule has 2 amide bonds. The van der Waals surface area contributed by atoms with E-state index in [-0.39, 0.29) is 19.1 Å². The highest BCUT2D eigenvalue weighted by molar-refractivity contribution is 5.97. The molecule has 5 rings (SSSR count). The molecule has 0 saturated carbocycles. The molecule has 1 fully saturated rings. The zero-order valence-corrected chi connectivity index (χ0v) is 25.3. The van der Waals surface area contributed by atoms with Crippen LogP contribution >= 0.6 is 0 Å². The van der Waals surface area contributed by atoms with E-state index in [1.807, 2.05) is 19.2 Å². The van der Waals surface area contributed by atoms with Gasteiger partial charge in [-0.2, -0.15) is 5.26 Å². The quantitative estimate of drug-likeness (QED) is 0.257. The number of methoxy groups -OCH3 is 2. The van der Waals surface area contributed by atoms with E-state index in [4.69, 9.17) is 18.9 Å². The molecule has 0 bridgehead atoms. The number of carbonyl (C=O) groups is 2. The minimum absolute atomic E-state index is 0.0721. The largest absolute Gasteiger partial charge is 0.493 e. The highest BCUT2D eigenvalue weighted by atomic mass is 16.5. The first-order valence-electron chi connectivity index (χ1n) is 14.3. The summed E-state index contributed by atoms with van der Waals surface area (Å²) in [6.45, 7) is 2.59. The van der Waals surface area contributed by atoms with E-state index in [2.05, 4.69) is 26.6 Å². The fourth-order valence-electron chi connectivity index (χ4n) is 4.81. The number of carbonyl (C=O) groups excluding carboxylic acids is 2. The van der Waals surface area contributed by atoms with E-state index in [0.29, 0.717) is 69.7 Å². The Bertz CT molecular complexity index is 1710. The van der Waals surface area contributed by atoms with Crippen molar-refractivity contribution in [1.29, 1.82) is 5.26 Å². The van der Waals surface area contributed by atoms with Crippen LogP contribution in [0.15, 0.2) is 66.9 Å². The van der Waals surface area contributed by atoms with Crippen molar-refractivity contribution in [2.45, 2.75) is 0 Å². The third-order valence-corrected chi connectivity index (χ3v) is 7.35. The molecular weight excluding hydrogens is 576 g/mol. The molecule has 0 aliphatic carbocycles. The van der Waals surface area contributed by atoms with Crippen LogP contribution < -0.4 is 29.6 Å². The van der Waals surface area contributed by atoms with Crippen molar-refractivity contribution in [3.63, 3.8) is 0 Å². The number of aromatic nitrogens is 1. The Morgan fingerprint density at radius 1 is 0.933 bits per heavy atom. The Labute approximate surface area is 261 Å². The molecule has 232 valence electrons. The molecule has 1 saturated heterocycles. The number of piperazine rings is 1. The van der Waals surface area contributed by atoms with Gasteiger partial charge in [-0.3, -0.25) is 14.6 Å². The van der Waals surface area contributed by atoms with Crippen molar-refractivity contribution in [2.24, 2.45) is 0 Å². The predicted octanol–water partition coefficient (Wildman–Crippen LogP) is 3.93. The van der Waals surface area contributed by atoms with Gasteiger partial charge in [-0.15, -0.1) is 0 Å². The number of para-hydroxylation sites is 2. The first kappa shape index (κ1) is 30.9. The van der Waals surface area contributed by atoms with Gasteiger partial charge >= 0.3 is 0 Å². The molecule has 0 radical (unpaired) electrons. The molecule has 1 aliphatic heterocycles. The number of amides is 2. The molecule has 0 spiro atoms. The van der Waals surface area contributed by atoms with Crippen molar-refractivity contribution >= 4 is 34.1 Å².